The van der Waals surface area contributed by atoms with E-state index in [2.05, 4.69) is 15.0 Å². The lowest BCUT2D eigenvalue weighted by Crippen LogP contribution is -2.29. The van der Waals surface area contributed by atoms with Crippen LogP contribution in [-0.2, 0) is 21.2 Å². The van der Waals surface area contributed by atoms with Crippen molar-refractivity contribution in [2.75, 3.05) is 18.4 Å². The van der Waals surface area contributed by atoms with Crippen molar-refractivity contribution in [1.82, 2.24) is 9.71 Å². The molecule has 0 saturated carbocycles. The molecular formula is C16H22Cl2N4O3S. The number of anilines is 1. The molecule has 10 heteroatoms. The number of carbonyl (C=O) groups is 1. The molecule has 0 unspecified atom stereocenters. The molecular weight excluding hydrogens is 399 g/mol. The van der Waals surface area contributed by atoms with E-state index in [1.165, 1.54) is 12.1 Å². The molecule has 0 radical (unpaired) electrons. The number of nitrogens with one attached hydrogen (secondary N) is 2. The summed E-state index contributed by atoms with van der Waals surface area (Å²) in [6.07, 6.45) is 1.81. The van der Waals surface area contributed by atoms with Gasteiger partial charge >= 0.3 is 0 Å². The van der Waals surface area contributed by atoms with E-state index < -0.39 is 10.0 Å². The van der Waals surface area contributed by atoms with E-state index in [9.17, 15) is 13.2 Å². The molecule has 1 amide bonds. The molecule has 26 heavy (non-hydrogen) atoms. The van der Waals surface area contributed by atoms with Crippen molar-refractivity contribution >= 4 is 46.4 Å². The maximum absolute atomic E-state index is 12.1. The van der Waals surface area contributed by atoms with Crippen LogP contribution in [0.25, 0.3) is 0 Å². The Hall–Kier alpha value is -1.71. The zero-order chi connectivity index (χ0) is 17.6. The molecule has 1 aromatic heterocycles. The van der Waals surface area contributed by atoms with Crippen molar-refractivity contribution < 1.29 is 13.2 Å². The van der Waals surface area contributed by atoms with E-state index in [1.54, 1.807) is 18.3 Å². The summed E-state index contributed by atoms with van der Waals surface area (Å²) in [5.41, 5.74) is 7.38. The van der Waals surface area contributed by atoms with Crippen LogP contribution in [0.15, 0.2) is 47.5 Å². The van der Waals surface area contributed by atoms with Crippen molar-refractivity contribution in [3.05, 3.63) is 53.9 Å². The SMILES string of the molecule is Cc1ccc(CC(=O)Nc2cccc(S(=O)(=O)NCCN)c2)cn1.Cl.Cl. The molecule has 1 aromatic carbocycles. The predicted molar refractivity (Wildman–Crippen MR) is 106 cm³/mol. The second-order valence-corrected chi connectivity index (χ2v) is 7.01. The maximum Gasteiger partial charge on any atom is 0.240 e. The van der Waals surface area contributed by atoms with E-state index in [1.807, 2.05) is 19.1 Å². The van der Waals surface area contributed by atoms with Crippen LogP contribution in [0.5, 0.6) is 0 Å². The largest absolute Gasteiger partial charge is 0.329 e. The van der Waals surface area contributed by atoms with Crippen LogP contribution in [0, 0.1) is 6.92 Å². The maximum atomic E-state index is 12.1. The Labute approximate surface area is 165 Å². The van der Waals surface area contributed by atoms with Gasteiger partial charge in [0.05, 0.1) is 11.3 Å². The van der Waals surface area contributed by atoms with E-state index in [-0.39, 0.29) is 55.1 Å². The average molecular weight is 421 g/mol. The number of hydrogen-bond acceptors (Lipinski definition) is 5. The van der Waals surface area contributed by atoms with Gasteiger partial charge in [-0.25, -0.2) is 13.1 Å². The minimum absolute atomic E-state index is 0. The molecule has 0 bridgehead atoms. The smallest absolute Gasteiger partial charge is 0.240 e. The van der Waals surface area contributed by atoms with Gasteiger partial charge in [-0.05, 0) is 36.8 Å². The highest BCUT2D eigenvalue weighted by Gasteiger charge is 2.14. The molecule has 7 nitrogen and oxygen atoms in total. The molecule has 0 aliphatic carbocycles. The van der Waals surface area contributed by atoms with Gasteiger partial charge in [-0.2, -0.15) is 0 Å². The number of rotatable bonds is 7. The first-order chi connectivity index (χ1) is 11.4. The van der Waals surface area contributed by atoms with Gasteiger partial charge in [-0.15, -0.1) is 24.8 Å². The van der Waals surface area contributed by atoms with Crippen molar-refractivity contribution in [2.45, 2.75) is 18.2 Å². The summed E-state index contributed by atoms with van der Waals surface area (Å²) in [7, 11) is -3.64. The second-order valence-electron chi connectivity index (χ2n) is 5.25. The van der Waals surface area contributed by atoms with Crippen LogP contribution >= 0.6 is 24.8 Å². The first kappa shape index (κ1) is 24.3. The zero-order valence-corrected chi connectivity index (χ0v) is 16.6. The Kier molecular flexibility index (Phi) is 10.4. The Balaban J connectivity index is 0.00000312. The lowest BCUT2D eigenvalue weighted by molar-refractivity contribution is -0.115. The van der Waals surface area contributed by atoms with Gasteiger partial charge in [0, 0.05) is 30.7 Å². The monoisotopic (exact) mass is 420 g/mol. The highest BCUT2D eigenvalue weighted by molar-refractivity contribution is 7.89. The fourth-order valence-corrected chi connectivity index (χ4v) is 3.10. The predicted octanol–water partition coefficient (Wildman–Crippen LogP) is 1.65. The molecule has 4 N–H and O–H groups in total. The third kappa shape index (κ3) is 7.27. The summed E-state index contributed by atoms with van der Waals surface area (Å²) in [5.74, 6) is -0.245. The standard InChI is InChI=1S/C16H20N4O3S.2ClH/c1-12-5-6-13(11-18-12)9-16(21)20-14-3-2-4-15(10-14)24(22,23)19-8-7-17;;/h2-6,10-11,19H,7-9,17H2,1H3,(H,20,21);2*1H. The number of aromatic nitrogens is 1. The highest BCUT2D eigenvalue weighted by atomic mass is 35.5. The molecule has 0 aliphatic heterocycles. The molecule has 0 spiro atoms. The summed E-state index contributed by atoms with van der Waals surface area (Å²) >= 11 is 0. The van der Waals surface area contributed by atoms with Crippen molar-refractivity contribution in [3.8, 4) is 0 Å². The minimum atomic E-state index is -3.64. The molecule has 144 valence electrons. The van der Waals surface area contributed by atoms with E-state index in [0.29, 0.717) is 5.69 Å². The molecule has 1 heterocycles. The van der Waals surface area contributed by atoms with Crippen molar-refractivity contribution in [1.29, 1.82) is 0 Å². The van der Waals surface area contributed by atoms with Crippen molar-refractivity contribution in [3.63, 3.8) is 0 Å². The normalized spacial score (nSPS) is 10.4. The lowest BCUT2D eigenvalue weighted by Gasteiger charge is -2.09. The summed E-state index contributed by atoms with van der Waals surface area (Å²) in [6.45, 7) is 2.23. The Morgan fingerprint density at radius 3 is 2.54 bits per heavy atom. The number of carbonyl (C=O) groups excluding carboxylic acids is 1. The molecule has 2 aromatic rings. The molecule has 0 atom stereocenters. The highest BCUT2D eigenvalue weighted by Crippen LogP contribution is 2.15. The van der Waals surface area contributed by atoms with Crippen LogP contribution in [-0.4, -0.2) is 32.4 Å². The zero-order valence-electron chi connectivity index (χ0n) is 14.1. The Morgan fingerprint density at radius 2 is 1.92 bits per heavy atom. The topological polar surface area (TPSA) is 114 Å². The number of hydrogen-bond donors (Lipinski definition) is 3. The number of halogens is 2. The number of sulfonamides is 1. The Morgan fingerprint density at radius 1 is 1.19 bits per heavy atom. The molecule has 0 aliphatic rings. The van der Waals surface area contributed by atoms with Gasteiger partial charge in [0.2, 0.25) is 15.9 Å². The van der Waals surface area contributed by atoms with Gasteiger partial charge < -0.3 is 11.1 Å². The van der Waals surface area contributed by atoms with Crippen molar-refractivity contribution in [2.24, 2.45) is 5.73 Å². The summed E-state index contributed by atoms with van der Waals surface area (Å²) < 4.78 is 26.5. The second kappa shape index (κ2) is 11.1. The number of nitrogens with two attached hydrogens (primary N) is 1. The van der Waals surface area contributed by atoms with Crippen LogP contribution in [0.2, 0.25) is 0 Å². The van der Waals surface area contributed by atoms with Crippen LogP contribution in [0.1, 0.15) is 11.3 Å². The summed E-state index contributed by atoms with van der Waals surface area (Å²) in [6, 6.07) is 9.73. The van der Waals surface area contributed by atoms with Crippen LogP contribution < -0.4 is 15.8 Å². The number of nitrogens with zero attached hydrogens (tertiary/aromatic N) is 1. The van der Waals surface area contributed by atoms with E-state index in [4.69, 9.17) is 5.73 Å². The average Bonchev–Trinajstić information content (AvgIpc) is 2.55. The Bertz CT molecular complexity index is 814. The fourth-order valence-electron chi connectivity index (χ4n) is 2.01. The van der Waals surface area contributed by atoms with Crippen LogP contribution in [0.4, 0.5) is 5.69 Å². The van der Waals surface area contributed by atoms with Gasteiger partial charge in [0.1, 0.15) is 0 Å². The number of pyridine rings is 1. The first-order valence-corrected chi connectivity index (χ1v) is 8.90. The van der Waals surface area contributed by atoms with Crippen LogP contribution in [0.3, 0.4) is 0 Å². The summed E-state index contributed by atoms with van der Waals surface area (Å²) in [4.78, 5) is 16.3. The van der Waals surface area contributed by atoms with Gasteiger partial charge in [-0.3, -0.25) is 9.78 Å². The lowest BCUT2D eigenvalue weighted by atomic mass is 10.2. The first-order valence-electron chi connectivity index (χ1n) is 7.42. The number of benzene rings is 1. The third-order valence-electron chi connectivity index (χ3n) is 3.20. The molecule has 2 rings (SSSR count). The van der Waals surface area contributed by atoms with Gasteiger partial charge in [0.15, 0.2) is 0 Å². The molecule has 0 saturated heterocycles. The van der Waals surface area contributed by atoms with Gasteiger partial charge in [0.25, 0.3) is 0 Å². The fraction of sp³-hybridized carbons (Fsp3) is 0.250. The van der Waals surface area contributed by atoms with Gasteiger partial charge in [-0.1, -0.05) is 12.1 Å². The quantitative estimate of drug-likeness (QED) is 0.629. The van der Waals surface area contributed by atoms with E-state index >= 15 is 0 Å². The number of aryl methyl sites for hydroxylation is 1. The third-order valence-corrected chi connectivity index (χ3v) is 4.66. The minimum Gasteiger partial charge on any atom is -0.329 e. The molecule has 0 fully saturated rings. The number of amides is 1. The van der Waals surface area contributed by atoms with E-state index in [0.717, 1.165) is 11.3 Å². The summed E-state index contributed by atoms with van der Waals surface area (Å²) in [5, 5.41) is 2.69.